The number of hydrogen-bond donors (Lipinski definition) is 1. The molecule has 2 rings (SSSR count). The van der Waals surface area contributed by atoms with Gasteiger partial charge in [-0.15, -0.1) is 0 Å². The average molecular weight is 218 g/mol. The van der Waals surface area contributed by atoms with Gasteiger partial charge in [0.05, 0.1) is 5.75 Å². The van der Waals surface area contributed by atoms with Crippen LogP contribution in [-0.4, -0.2) is 44.7 Å². The molecule has 2 aliphatic rings. The highest BCUT2D eigenvalue weighted by Crippen LogP contribution is 2.18. The highest BCUT2D eigenvalue weighted by molar-refractivity contribution is 7.89. The Hall–Kier alpha value is -0.130. The molecule has 2 aliphatic heterocycles. The van der Waals surface area contributed by atoms with Crippen molar-refractivity contribution >= 4 is 10.0 Å². The van der Waals surface area contributed by atoms with E-state index in [4.69, 9.17) is 0 Å². The molecule has 0 spiro atoms. The van der Waals surface area contributed by atoms with Crippen LogP contribution in [0.4, 0.5) is 0 Å². The topological polar surface area (TPSA) is 49.4 Å². The summed E-state index contributed by atoms with van der Waals surface area (Å²) in [6.07, 6.45) is 3.20. The first kappa shape index (κ1) is 10.4. The quantitative estimate of drug-likeness (QED) is 0.726. The summed E-state index contributed by atoms with van der Waals surface area (Å²) in [7, 11) is -2.93. The predicted octanol–water partition coefficient (Wildman–Crippen LogP) is 0.0215. The monoisotopic (exact) mass is 218 g/mol. The molecule has 1 N–H and O–H groups in total. The van der Waals surface area contributed by atoms with Gasteiger partial charge in [-0.2, -0.15) is 0 Å². The molecule has 1 unspecified atom stereocenters. The van der Waals surface area contributed by atoms with Gasteiger partial charge >= 0.3 is 0 Å². The fourth-order valence-electron chi connectivity index (χ4n) is 2.03. The predicted molar refractivity (Wildman–Crippen MR) is 55.6 cm³/mol. The minimum atomic E-state index is -2.93. The summed E-state index contributed by atoms with van der Waals surface area (Å²) in [5.74, 6) is 0.675. The van der Waals surface area contributed by atoms with Gasteiger partial charge in [0.25, 0.3) is 0 Å². The van der Waals surface area contributed by atoms with Crippen LogP contribution in [0.5, 0.6) is 0 Å². The zero-order valence-electron chi connectivity index (χ0n) is 8.41. The van der Waals surface area contributed by atoms with E-state index in [0.717, 1.165) is 45.4 Å². The van der Waals surface area contributed by atoms with Gasteiger partial charge in [-0.25, -0.2) is 12.7 Å². The van der Waals surface area contributed by atoms with E-state index in [-0.39, 0.29) is 0 Å². The number of piperidine rings is 1. The second kappa shape index (κ2) is 4.16. The van der Waals surface area contributed by atoms with Crippen molar-refractivity contribution in [3.8, 4) is 0 Å². The standard InChI is InChI=1S/C9H18N2O2S/c12-14(13,11-5-2-6-11)8-9-3-1-4-10-7-9/h9-10H,1-8H2. The second-order valence-corrected chi connectivity index (χ2v) is 6.26. The fourth-order valence-corrected chi connectivity index (χ4v) is 3.94. The fraction of sp³-hybridized carbons (Fsp3) is 1.00. The molecule has 0 aliphatic carbocycles. The minimum absolute atomic E-state index is 0.328. The smallest absolute Gasteiger partial charge is 0.214 e. The molecular weight excluding hydrogens is 200 g/mol. The maximum absolute atomic E-state index is 11.8. The van der Waals surface area contributed by atoms with E-state index in [9.17, 15) is 8.42 Å². The van der Waals surface area contributed by atoms with Crippen molar-refractivity contribution in [3.05, 3.63) is 0 Å². The molecule has 0 saturated carbocycles. The van der Waals surface area contributed by atoms with Crippen LogP contribution in [0.15, 0.2) is 0 Å². The molecule has 0 aromatic carbocycles. The Morgan fingerprint density at radius 1 is 1.29 bits per heavy atom. The summed E-state index contributed by atoms with van der Waals surface area (Å²) in [6, 6.07) is 0. The SMILES string of the molecule is O=S(=O)(CC1CCCNC1)N1CCC1. The molecule has 14 heavy (non-hydrogen) atoms. The summed E-state index contributed by atoms with van der Waals surface area (Å²) < 4.78 is 25.2. The number of nitrogens with one attached hydrogen (secondary N) is 1. The van der Waals surface area contributed by atoms with Crippen molar-refractivity contribution in [2.75, 3.05) is 31.9 Å². The lowest BCUT2D eigenvalue weighted by atomic mass is 10.0. The third kappa shape index (κ3) is 2.27. The van der Waals surface area contributed by atoms with Gasteiger partial charge < -0.3 is 5.32 Å². The Balaban J connectivity index is 1.88. The summed E-state index contributed by atoms with van der Waals surface area (Å²) in [5, 5.41) is 3.25. The average Bonchev–Trinajstić information content (AvgIpc) is 2.00. The van der Waals surface area contributed by atoms with E-state index in [1.54, 1.807) is 4.31 Å². The van der Waals surface area contributed by atoms with Crippen LogP contribution in [0.25, 0.3) is 0 Å². The Bertz CT molecular complexity index is 279. The molecule has 82 valence electrons. The molecule has 0 amide bonds. The highest BCUT2D eigenvalue weighted by atomic mass is 32.2. The van der Waals surface area contributed by atoms with Gasteiger partial charge in [-0.3, -0.25) is 0 Å². The van der Waals surface area contributed by atoms with Crippen molar-refractivity contribution in [2.24, 2.45) is 5.92 Å². The van der Waals surface area contributed by atoms with Gasteiger partial charge in [-0.05, 0) is 38.3 Å². The first-order valence-electron chi connectivity index (χ1n) is 5.37. The third-order valence-electron chi connectivity index (χ3n) is 3.05. The Morgan fingerprint density at radius 2 is 2.07 bits per heavy atom. The molecule has 1 atom stereocenters. The molecule has 5 heteroatoms. The second-order valence-electron chi connectivity index (χ2n) is 4.24. The lowest BCUT2D eigenvalue weighted by Gasteiger charge is -2.32. The summed E-state index contributed by atoms with van der Waals surface area (Å²) >= 11 is 0. The van der Waals surface area contributed by atoms with Crippen LogP contribution in [0, 0.1) is 5.92 Å². The van der Waals surface area contributed by atoms with E-state index in [2.05, 4.69) is 5.32 Å². The van der Waals surface area contributed by atoms with Gasteiger partial charge in [0.1, 0.15) is 0 Å². The molecule has 2 fully saturated rings. The molecule has 2 saturated heterocycles. The largest absolute Gasteiger partial charge is 0.316 e. The van der Waals surface area contributed by atoms with E-state index in [1.807, 2.05) is 0 Å². The van der Waals surface area contributed by atoms with Crippen molar-refractivity contribution in [3.63, 3.8) is 0 Å². The maximum Gasteiger partial charge on any atom is 0.214 e. The summed E-state index contributed by atoms with van der Waals surface area (Å²) in [4.78, 5) is 0. The molecule has 0 radical (unpaired) electrons. The Labute approximate surface area is 85.7 Å². The van der Waals surface area contributed by atoms with Crippen molar-refractivity contribution in [1.82, 2.24) is 9.62 Å². The van der Waals surface area contributed by atoms with Crippen LogP contribution >= 0.6 is 0 Å². The van der Waals surface area contributed by atoms with Gasteiger partial charge in [0, 0.05) is 13.1 Å². The molecular formula is C9H18N2O2S. The van der Waals surface area contributed by atoms with E-state index >= 15 is 0 Å². The van der Waals surface area contributed by atoms with Crippen LogP contribution in [0.3, 0.4) is 0 Å². The minimum Gasteiger partial charge on any atom is -0.316 e. The van der Waals surface area contributed by atoms with E-state index < -0.39 is 10.0 Å². The van der Waals surface area contributed by atoms with Gasteiger partial charge in [0.2, 0.25) is 10.0 Å². The maximum atomic E-state index is 11.8. The molecule has 2 heterocycles. The van der Waals surface area contributed by atoms with Crippen LogP contribution in [0.1, 0.15) is 19.3 Å². The van der Waals surface area contributed by atoms with Crippen molar-refractivity contribution in [1.29, 1.82) is 0 Å². The van der Waals surface area contributed by atoms with Crippen LogP contribution in [-0.2, 0) is 10.0 Å². The van der Waals surface area contributed by atoms with Crippen LogP contribution in [0.2, 0.25) is 0 Å². The zero-order valence-corrected chi connectivity index (χ0v) is 9.22. The summed E-state index contributed by atoms with van der Waals surface area (Å²) in [6.45, 7) is 3.39. The normalized spacial score (nSPS) is 29.9. The lowest BCUT2D eigenvalue weighted by molar-refractivity contribution is 0.302. The van der Waals surface area contributed by atoms with Crippen LogP contribution < -0.4 is 5.32 Å². The lowest BCUT2D eigenvalue weighted by Crippen LogP contribution is -2.46. The highest BCUT2D eigenvalue weighted by Gasteiger charge is 2.30. The number of hydrogen-bond acceptors (Lipinski definition) is 3. The van der Waals surface area contributed by atoms with Gasteiger partial charge in [-0.1, -0.05) is 0 Å². The van der Waals surface area contributed by atoms with E-state index in [0.29, 0.717) is 11.7 Å². The zero-order chi connectivity index (χ0) is 10.0. The van der Waals surface area contributed by atoms with Gasteiger partial charge in [0.15, 0.2) is 0 Å². The molecule has 0 aromatic heterocycles. The molecule has 0 aromatic rings. The number of rotatable bonds is 3. The number of nitrogens with zero attached hydrogens (tertiary/aromatic N) is 1. The Kier molecular flexibility index (Phi) is 3.09. The van der Waals surface area contributed by atoms with Crippen molar-refractivity contribution < 1.29 is 8.42 Å². The third-order valence-corrected chi connectivity index (χ3v) is 5.10. The summed E-state index contributed by atoms with van der Waals surface area (Å²) in [5.41, 5.74) is 0. The van der Waals surface area contributed by atoms with Crippen molar-refractivity contribution in [2.45, 2.75) is 19.3 Å². The van der Waals surface area contributed by atoms with E-state index in [1.165, 1.54) is 0 Å². The molecule has 4 nitrogen and oxygen atoms in total. The first-order chi connectivity index (χ1) is 6.68. The number of sulfonamides is 1. The first-order valence-corrected chi connectivity index (χ1v) is 6.98. The Morgan fingerprint density at radius 3 is 2.57 bits per heavy atom. The molecule has 0 bridgehead atoms.